The molecule has 1 rings (SSSR count). The second kappa shape index (κ2) is 6.28. The molecule has 0 spiro atoms. The lowest BCUT2D eigenvalue weighted by atomic mass is 10.3. The summed E-state index contributed by atoms with van der Waals surface area (Å²) >= 11 is 0. The Balaban J connectivity index is 2.49. The Morgan fingerprint density at radius 2 is 2.06 bits per heavy atom. The van der Waals surface area contributed by atoms with Crippen LogP contribution in [0.4, 0.5) is 11.5 Å². The molecule has 6 nitrogen and oxygen atoms in total. The third-order valence-electron chi connectivity index (χ3n) is 3.02. The number of hydrogen-bond acceptors (Lipinski definition) is 4. The number of rotatable bonds is 6. The zero-order chi connectivity index (χ0) is 13.7. The van der Waals surface area contributed by atoms with Gasteiger partial charge in [-0.05, 0) is 20.8 Å². The van der Waals surface area contributed by atoms with Crippen LogP contribution in [0.5, 0.6) is 0 Å². The molecule has 0 saturated heterocycles. The predicted molar refractivity (Wildman–Crippen MR) is 73.4 cm³/mol. The summed E-state index contributed by atoms with van der Waals surface area (Å²) in [4.78, 5) is 13.6. The maximum Gasteiger partial charge on any atom is 0.224 e. The number of nitrogens with two attached hydrogens (primary N) is 1. The summed E-state index contributed by atoms with van der Waals surface area (Å²) in [5, 5.41) is 7.37. The first-order valence-electron chi connectivity index (χ1n) is 6.31. The first kappa shape index (κ1) is 14.3. The standard InChI is InChI=1S/C12H23N5O/c1-5-17(6-2)10(18)7-8-14-12-11(13)9(3)15-16(12)4/h14H,5-8,13H2,1-4H3. The van der Waals surface area contributed by atoms with Crippen LogP contribution in [-0.4, -0.2) is 40.2 Å². The zero-order valence-electron chi connectivity index (χ0n) is 11.7. The number of amides is 1. The Morgan fingerprint density at radius 1 is 1.44 bits per heavy atom. The van der Waals surface area contributed by atoms with E-state index in [9.17, 15) is 4.79 Å². The van der Waals surface area contributed by atoms with Crippen LogP contribution in [0.15, 0.2) is 0 Å². The third kappa shape index (κ3) is 3.15. The number of nitrogens with one attached hydrogen (secondary N) is 1. The highest BCUT2D eigenvalue weighted by Gasteiger charge is 2.12. The summed E-state index contributed by atoms with van der Waals surface area (Å²) in [6, 6.07) is 0. The van der Waals surface area contributed by atoms with Gasteiger partial charge in [0.25, 0.3) is 0 Å². The van der Waals surface area contributed by atoms with Gasteiger partial charge in [0.15, 0.2) is 0 Å². The van der Waals surface area contributed by atoms with E-state index in [1.54, 1.807) is 4.68 Å². The Morgan fingerprint density at radius 3 is 2.50 bits per heavy atom. The molecule has 102 valence electrons. The van der Waals surface area contributed by atoms with Crippen molar-refractivity contribution in [3.8, 4) is 0 Å². The van der Waals surface area contributed by atoms with Crippen molar-refractivity contribution < 1.29 is 4.79 Å². The van der Waals surface area contributed by atoms with Gasteiger partial charge in [-0.25, -0.2) is 0 Å². The van der Waals surface area contributed by atoms with E-state index in [-0.39, 0.29) is 5.91 Å². The maximum atomic E-state index is 11.8. The predicted octanol–water partition coefficient (Wildman–Crippen LogP) is 0.981. The van der Waals surface area contributed by atoms with E-state index in [2.05, 4.69) is 10.4 Å². The maximum absolute atomic E-state index is 11.8. The number of hydrogen-bond donors (Lipinski definition) is 2. The normalized spacial score (nSPS) is 10.4. The molecule has 0 saturated carbocycles. The SMILES string of the molecule is CCN(CC)C(=O)CCNc1c(N)c(C)nn1C. The van der Waals surface area contributed by atoms with Crippen LogP contribution in [0.2, 0.25) is 0 Å². The van der Waals surface area contributed by atoms with Gasteiger partial charge >= 0.3 is 0 Å². The number of carbonyl (C=O) groups excluding carboxylic acids is 1. The number of nitrogen functional groups attached to an aromatic ring is 1. The van der Waals surface area contributed by atoms with Gasteiger partial charge in [0.1, 0.15) is 5.82 Å². The molecule has 0 aromatic carbocycles. The van der Waals surface area contributed by atoms with Crippen molar-refractivity contribution in [3.63, 3.8) is 0 Å². The molecule has 0 aliphatic heterocycles. The first-order chi connectivity index (χ1) is 8.51. The smallest absolute Gasteiger partial charge is 0.224 e. The largest absolute Gasteiger partial charge is 0.394 e. The second-order valence-corrected chi connectivity index (χ2v) is 4.21. The molecule has 0 aliphatic carbocycles. The summed E-state index contributed by atoms with van der Waals surface area (Å²) in [5.41, 5.74) is 7.34. The monoisotopic (exact) mass is 253 g/mol. The van der Waals surface area contributed by atoms with E-state index < -0.39 is 0 Å². The van der Waals surface area contributed by atoms with Crippen LogP contribution >= 0.6 is 0 Å². The Bertz CT molecular complexity index is 409. The minimum absolute atomic E-state index is 0.157. The molecular weight excluding hydrogens is 230 g/mol. The Labute approximate surface area is 108 Å². The molecule has 0 unspecified atom stereocenters. The van der Waals surface area contributed by atoms with Crippen molar-refractivity contribution in [1.82, 2.24) is 14.7 Å². The molecule has 0 radical (unpaired) electrons. The number of nitrogens with zero attached hydrogens (tertiary/aromatic N) is 3. The molecule has 0 aliphatic rings. The number of carbonyl (C=O) groups is 1. The number of anilines is 2. The van der Waals surface area contributed by atoms with Crippen LogP contribution in [-0.2, 0) is 11.8 Å². The molecule has 1 aromatic heterocycles. The molecule has 18 heavy (non-hydrogen) atoms. The lowest BCUT2D eigenvalue weighted by Crippen LogP contribution is -2.31. The average molecular weight is 253 g/mol. The van der Waals surface area contributed by atoms with Crippen LogP contribution in [0, 0.1) is 6.92 Å². The lowest BCUT2D eigenvalue weighted by molar-refractivity contribution is -0.130. The number of aromatic nitrogens is 2. The fourth-order valence-electron chi connectivity index (χ4n) is 1.91. The van der Waals surface area contributed by atoms with Crippen LogP contribution in [0.1, 0.15) is 26.0 Å². The summed E-state index contributed by atoms with van der Waals surface area (Å²) < 4.78 is 1.70. The van der Waals surface area contributed by atoms with Crippen LogP contribution in [0.3, 0.4) is 0 Å². The van der Waals surface area contributed by atoms with Crippen molar-refractivity contribution in [3.05, 3.63) is 5.69 Å². The van der Waals surface area contributed by atoms with Gasteiger partial charge in [0.05, 0.1) is 11.4 Å². The van der Waals surface area contributed by atoms with E-state index in [1.807, 2.05) is 32.7 Å². The van der Waals surface area contributed by atoms with E-state index in [0.717, 1.165) is 24.6 Å². The fraction of sp³-hybridized carbons (Fsp3) is 0.667. The summed E-state index contributed by atoms with van der Waals surface area (Å²) in [5.74, 6) is 0.935. The van der Waals surface area contributed by atoms with E-state index >= 15 is 0 Å². The molecule has 1 aromatic rings. The van der Waals surface area contributed by atoms with Gasteiger partial charge in [-0.2, -0.15) is 5.10 Å². The van der Waals surface area contributed by atoms with E-state index in [0.29, 0.717) is 18.7 Å². The van der Waals surface area contributed by atoms with Gasteiger partial charge in [-0.15, -0.1) is 0 Å². The fourth-order valence-corrected chi connectivity index (χ4v) is 1.91. The summed E-state index contributed by atoms with van der Waals surface area (Å²) in [6.07, 6.45) is 0.464. The van der Waals surface area contributed by atoms with E-state index in [1.165, 1.54) is 0 Å². The lowest BCUT2D eigenvalue weighted by Gasteiger charge is -2.18. The van der Waals surface area contributed by atoms with Gasteiger partial charge in [-0.3, -0.25) is 9.48 Å². The second-order valence-electron chi connectivity index (χ2n) is 4.21. The molecule has 0 bridgehead atoms. The van der Waals surface area contributed by atoms with Gasteiger partial charge in [0, 0.05) is 33.1 Å². The highest BCUT2D eigenvalue weighted by molar-refractivity contribution is 5.77. The Kier molecular flexibility index (Phi) is 5.00. The highest BCUT2D eigenvalue weighted by atomic mass is 16.2. The Hall–Kier alpha value is -1.72. The summed E-state index contributed by atoms with van der Waals surface area (Å²) in [7, 11) is 1.83. The van der Waals surface area contributed by atoms with Crippen LogP contribution in [0.25, 0.3) is 0 Å². The molecule has 0 fully saturated rings. The van der Waals surface area contributed by atoms with Gasteiger partial charge in [-0.1, -0.05) is 0 Å². The van der Waals surface area contributed by atoms with Gasteiger partial charge in [0.2, 0.25) is 5.91 Å². The van der Waals surface area contributed by atoms with Crippen LogP contribution < -0.4 is 11.1 Å². The van der Waals surface area contributed by atoms with Gasteiger partial charge < -0.3 is 16.0 Å². The van der Waals surface area contributed by atoms with Crippen molar-refractivity contribution in [2.75, 3.05) is 30.7 Å². The minimum atomic E-state index is 0.157. The molecular formula is C12H23N5O. The first-order valence-corrected chi connectivity index (χ1v) is 6.31. The minimum Gasteiger partial charge on any atom is -0.394 e. The topological polar surface area (TPSA) is 76.2 Å². The average Bonchev–Trinajstić information content (AvgIpc) is 2.57. The van der Waals surface area contributed by atoms with Crippen molar-refractivity contribution >= 4 is 17.4 Å². The van der Waals surface area contributed by atoms with Crippen molar-refractivity contribution in [2.24, 2.45) is 7.05 Å². The van der Waals surface area contributed by atoms with Crippen molar-refractivity contribution in [1.29, 1.82) is 0 Å². The quantitative estimate of drug-likeness (QED) is 0.792. The van der Waals surface area contributed by atoms with Crippen molar-refractivity contribution in [2.45, 2.75) is 27.2 Å². The molecule has 0 atom stereocenters. The molecule has 6 heteroatoms. The molecule has 3 N–H and O–H groups in total. The number of aryl methyl sites for hydroxylation is 2. The highest BCUT2D eigenvalue weighted by Crippen LogP contribution is 2.20. The van der Waals surface area contributed by atoms with E-state index in [4.69, 9.17) is 5.73 Å². The molecule has 1 heterocycles. The molecule has 1 amide bonds. The third-order valence-corrected chi connectivity index (χ3v) is 3.02. The zero-order valence-corrected chi connectivity index (χ0v) is 11.7. The summed E-state index contributed by atoms with van der Waals surface area (Å²) in [6.45, 7) is 7.90.